The van der Waals surface area contributed by atoms with Crippen LogP contribution in [0.2, 0.25) is 0 Å². The Bertz CT molecular complexity index is 952. The molecule has 1 aromatic heterocycles. The fourth-order valence-electron chi connectivity index (χ4n) is 3.69. The number of sulfonamides is 1. The molecule has 3 rings (SSSR count). The normalized spacial score (nSPS) is 18.4. The Morgan fingerprint density at radius 1 is 1.31 bits per heavy atom. The highest BCUT2D eigenvalue weighted by Gasteiger charge is 2.33. The van der Waals surface area contributed by atoms with Crippen LogP contribution in [0.1, 0.15) is 33.1 Å². The summed E-state index contributed by atoms with van der Waals surface area (Å²) in [5.74, 6) is -0.391. The molecule has 0 radical (unpaired) electrons. The van der Waals surface area contributed by atoms with Crippen molar-refractivity contribution in [1.29, 1.82) is 0 Å². The number of hydrogen-bond acceptors (Lipinski definition) is 4. The van der Waals surface area contributed by atoms with Crippen LogP contribution < -0.4 is 5.32 Å². The van der Waals surface area contributed by atoms with Gasteiger partial charge in [-0.25, -0.2) is 8.42 Å². The van der Waals surface area contributed by atoms with Crippen molar-refractivity contribution >= 4 is 26.8 Å². The fourth-order valence-corrected chi connectivity index (χ4v) is 5.25. The van der Waals surface area contributed by atoms with Gasteiger partial charge in [0.15, 0.2) is 0 Å². The van der Waals surface area contributed by atoms with Crippen molar-refractivity contribution in [2.75, 3.05) is 26.2 Å². The van der Waals surface area contributed by atoms with E-state index in [1.54, 1.807) is 12.1 Å². The molecular weight excluding hydrogens is 390 g/mol. The number of hydrogen-bond donors (Lipinski definition) is 1. The van der Waals surface area contributed by atoms with Crippen LogP contribution in [-0.4, -0.2) is 55.5 Å². The standard InChI is InChI=1S/C21H31N3O4S/c1-16(2)28-13-5-10-22-21(25)18-6-4-11-24(15-18)29(26,27)19-7-8-20-17(14-19)9-12-23(20)3/h7-9,12,14,16,18H,4-6,10-11,13,15H2,1-3H3,(H,22,25). The number of fused-ring (bicyclic) bond motifs is 1. The quantitative estimate of drug-likeness (QED) is 0.664. The van der Waals surface area contributed by atoms with Crippen molar-refractivity contribution in [3.05, 3.63) is 30.5 Å². The van der Waals surface area contributed by atoms with E-state index in [1.165, 1.54) is 4.31 Å². The van der Waals surface area contributed by atoms with Crippen molar-refractivity contribution in [1.82, 2.24) is 14.2 Å². The molecule has 1 amide bonds. The number of carbonyl (C=O) groups excluding carboxylic acids is 1. The number of piperidine rings is 1. The molecule has 8 heteroatoms. The number of amides is 1. The van der Waals surface area contributed by atoms with Crippen molar-refractivity contribution in [3.8, 4) is 0 Å². The smallest absolute Gasteiger partial charge is 0.243 e. The largest absolute Gasteiger partial charge is 0.379 e. The van der Waals surface area contributed by atoms with Gasteiger partial charge in [0.1, 0.15) is 0 Å². The van der Waals surface area contributed by atoms with Crippen LogP contribution in [0.15, 0.2) is 35.4 Å². The minimum Gasteiger partial charge on any atom is -0.379 e. The minimum absolute atomic E-state index is 0.0760. The number of ether oxygens (including phenoxy) is 1. The summed E-state index contributed by atoms with van der Waals surface area (Å²) in [7, 11) is -1.70. The van der Waals surface area contributed by atoms with Crippen LogP contribution in [0.3, 0.4) is 0 Å². The molecule has 1 saturated heterocycles. The Labute approximate surface area is 173 Å². The summed E-state index contributed by atoms with van der Waals surface area (Å²) in [6, 6.07) is 7.10. The molecule has 1 aromatic carbocycles. The van der Waals surface area contributed by atoms with Crippen LogP contribution in [0.4, 0.5) is 0 Å². The van der Waals surface area contributed by atoms with Crippen molar-refractivity contribution in [2.24, 2.45) is 13.0 Å². The van der Waals surface area contributed by atoms with Gasteiger partial charge in [-0.3, -0.25) is 4.79 Å². The van der Waals surface area contributed by atoms with Gasteiger partial charge in [-0.1, -0.05) is 0 Å². The van der Waals surface area contributed by atoms with Crippen LogP contribution in [0, 0.1) is 5.92 Å². The lowest BCUT2D eigenvalue weighted by Gasteiger charge is -2.31. The second-order valence-electron chi connectivity index (χ2n) is 7.91. The molecule has 2 aromatic rings. The van der Waals surface area contributed by atoms with E-state index < -0.39 is 10.0 Å². The summed E-state index contributed by atoms with van der Waals surface area (Å²) in [6.07, 6.45) is 4.22. The second-order valence-corrected chi connectivity index (χ2v) is 9.85. The molecule has 1 unspecified atom stereocenters. The van der Waals surface area contributed by atoms with Gasteiger partial charge in [0.2, 0.25) is 15.9 Å². The summed E-state index contributed by atoms with van der Waals surface area (Å²) < 4.78 is 35.2. The molecule has 2 heterocycles. The summed E-state index contributed by atoms with van der Waals surface area (Å²) >= 11 is 0. The van der Waals surface area contributed by atoms with E-state index in [0.29, 0.717) is 32.5 Å². The van der Waals surface area contributed by atoms with Crippen LogP contribution in [0.25, 0.3) is 10.9 Å². The Morgan fingerprint density at radius 3 is 2.86 bits per heavy atom. The third kappa shape index (κ3) is 5.18. The first-order valence-electron chi connectivity index (χ1n) is 10.2. The first-order chi connectivity index (χ1) is 13.8. The summed E-state index contributed by atoms with van der Waals surface area (Å²) in [6.45, 7) is 5.77. The first-order valence-corrected chi connectivity index (χ1v) is 11.7. The van der Waals surface area contributed by atoms with Gasteiger partial charge in [0, 0.05) is 50.4 Å². The van der Waals surface area contributed by atoms with E-state index in [9.17, 15) is 13.2 Å². The maximum atomic E-state index is 13.1. The average Bonchev–Trinajstić information content (AvgIpc) is 3.08. The van der Waals surface area contributed by atoms with Crippen LogP contribution in [-0.2, 0) is 26.6 Å². The Balaban J connectivity index is 1.61. The van der Waals surface area contributed by atoms with Gasteiger partial charge in [-0.2, -0.15) is 4.31 Å². The number of nitrogens with one attached hydrogen (secondary N) is 1. The van der Waals surface area contributed by atoms with Crippen molar-refractivity contribution in [2.45, 2.75) is 44.1 Å². The number of nitrogens with zero attached hydrogens (tertiary/aromatic N) is 2. The highest BCUT2D eigenvalue weighted by Crippen LogP contribution is 2.26. The molecule has 0 spiro atoms. The third-order valence-corrected chi connectivity index (χ3v) is 7.18. The maximum absolute atomic E-state index is 13.1. The number of carbonyl (C=O) groups is 1. The first kappa shape index (κ1) is 21.8. The van der Waals surface area contributed by atoms with Crippen molar-refractivity contribution < 1.29 is 17.9 Å². The predicted octanol–water partition coefficient (Wildman–Crippen LogP) is 2.51. The summed E-state index contributed by atoms with van der Waals surface area (Å²) in [5.41, 5.74) is 0.987. The molecule has 0 aliphatic carbocycles. The lowest BCUT2D eigenvalue weighted by atomic mass is 9.99. The number of benzene rings is 1. The van der Waals surface area contributed by atoms with Gasteiger partial charge < -0.3 is 14.6 Å². The van der Waals surface area contributed by atoms with E-state index in [4.69, 9.17) is 4.74 Å². The zero-order chi connectivity index (χ0) is 21.0. The van der Waals surface area contributed by atoms with Crippen LogP contribution in [0.5, 0.6) is 0 Å². The molecule has 160 valence electrons. The lowest BCUT2D eigenvalue weighted by molar-refractivity contribution is -0.126. The lowest BCUT2D eigenvalue weighted by Crippen LogP contribution is -2.45. The fraction of sp³-hybridized carbons (Fsp3) is 0.571. The van der Waals surface area contributed by atoms with Crippen molar-refractivity contribution in [3.63, 3.8) is 0 Å². The maximum Gasteiger partial charge on any atom is 0.243 e. The Kier molecular flexibility index (Phi) is 6.97. The number of aryl methyl sites for hydroxylation is 1. The molecule has 1 aliphatic heterocycles. The van der Waals surface area contributed by atoms with E-state index in [-0.39, 0.29) is 29.4 Å². The van der Waals surface area contributed by atoms with E-state index in [1.807, 2.05) is 43.8 Å². The molecule has 29 heavy (non-hydrogen) atoms. The Morgan fingerprint density at radius 2 is 2.10 bits per heavy atom. The SMILES string of the molecule is CC(C)OCCCNC(=O)C1CCCN(S(=O)(=O)c2ccc3c(ccn3C)c2)C1. The minimum atomic E-state index is -3.63. The van der Waals surface area contributed by atoms with E-state index in [2.05, 4.69) is 5.32 Å². The highest BCUT2D eigenvalue weighted by atomic mass is 32.2. The number of rotatable bonds is 8. The van der Waals surface area contributed by atoms with E-state index in [0.717, 1.165) is 17.3 Å². The second kappa shape index (κ2) is 9.28. The molecule has 0 bridgehead atoms. The molecule has 1 atom stereocenters. The predicted molar refractivity (Wildman–Crippen MR) is 113 cm³/mol. The summed E-state index contributed by atoms with van der Waals surface area (Å²) in [5, 5.41) is 3.81. The Hall–Kier alpha value is -1.90. The van der Waals surface area contributed by atoms with E-state index >= 15 is 0 Å². The molecule has 0 saturated carbocycles. The number of aromatic nitrogens is 1. The zero-order valence-electron chi connectivity index (χ0n) is 17.4. The zero-order valence-corrected chi connectivity index (χ0v) is 18.2. The molecule has 1 fully saturated rings. The monoisotopic (exact) mass is 421 g/mol. The molecule has 7 nitrogen and oxygen atoms in total. The van der Waals surface area contributed by atoms with Crippen LogP contribution >= 0.6 is 0 Å². The molecular formula is C21H31N3O4S. The topological polar surface area (TPSA) is 80.6 Å². The van der Waals surface area contributed by atoms with Gasteiger partial charge in [0.25, 0.3) is 0 Å². The highest BCUT2D eigenvalue weighted by molar-refractivity contribution is 7.89. The average molecular weight is 422 g/mol. The van der Waals surface area contributed by atoms with Gasteiger partial charge in [-0.15, -0.1) is 0 Å². The summed E-state index contributed by atoms with van der Waals surface area (Å²) in [4.78, 5) is 12.8. The van der Waals surface area contributed by atoms with Gasteiger partial charge in [-0.05, 0) is 57.4 Å². The molecule has 1 N–H and O–H groups in total. The third-order valence-electron chi connectivity index (χ3n) is 5.32. The van der Waals surface area contributed by atoms with Gasteiger partial charge in [0.05, 0.1) is 16.9 Å². The molecule has 1 aliphatic rings. The van der Waals surface area contributed by atoms with Gasteiger partial charge >= 0.3 is 0 Å².